The fraction of sp³-hybridized carbons (Fsp3) is 0.333. The van der Waals surface area contributed by atoms with Gasteiger partial charge in [-0.25, -0.2) is 24.6 Å². The van der Waals surface area contributed by atoms with E-state index >= 15 is 0 Å². The quantitative estimate of drug-likeness (QED) is 0.516. The number of rotatable bonds is 3. The average molecular weight is 401 g/mol. The Morgan fingerprint density at radius 1 is 0.867 bits per heavy atom. The van der Waals surface area contributed by atoms with Gasteiger partial charge in [0.15, 0.2) is 5.82 Å². The molecule has 9 heteroatoms. The number of anilines is 2. The van der Waals surface area contributed by atoms with Crippen molar-refractivity contribution in [2.75, 3.05) is 36.0 Å². The monoisotopic (exact) mass is 401 g/mol. The first-order chi connectivity index (χ1) is 14.6. The molecular weight excluding hydrogens is 378 g/mol. The molecule has 5 heterocycles. The van der Waals surface area contributed by atoms with Crippen molar-refractivity contribution in [1.29, 1.82) is 0 Å². The molecule has 9 nitrogen and oxygen atoms in total. The minimum atomic E-state index is 0.762. The van der Waals surface area contributed by atoms with E-state index < -0.39 is 0 Å². The van der Waals surface area contributed by atoms with E-state index in [0.29, 0.717) is 0 Å². The highest BCUT2D eigenvalue weighted by molar-refractivity contribution is 5.88. The molecule has 4 aromatic rings. The number of aromatic nitrogens is 7. The van der Waals surface area contributed by atoms with Crippen molar-refractivity contribution < 1.29 is 0 Å². The number of fused-ring (bicyclic) bond motifs is 1. The van der Waals surface area contributed by atoms with Crippen molar-refractivity contribution in [1.82, 2.24) is 34.7 Å². The summed E-state index contributed by atoms with van der Waals surface area (Å²) in [4.78, 5) is 26.9. The minimum Gasteiger partial charge on any atom is -0.353 e. The predicted molar refractivity (Wildman–Crippen MR) is 115 cm³/mol. The van der Waals surface area contributed by atoms with Crippen LogP contribution in [-0.2, 0) is 0 Å². The first-order valence-corrected chi connectivity index (χ1v) is 10.0. The molecular formula is C21H23N9. The van der Waals surface area contributed by atoms with Gasteiger partial charge in [-0.15, -0.1) is 0 Å². The van der Waals surface area contributed by atoms with Gasteiger partial charge in [-0.1, -0.05) is 0 Å². The zero-order valence-electron chi connectivity index (χ0n) is 17.3. The van der Waals surface area contributed by atoms with Gasteiger partial charge in [0.2, 0.25) is 0 Å². The molecule has 152 valence electrons. The lowest BCUT2D eigenvalue weighted by Crippen LogP contribution is -2.47. The molecule has 4 aromatic heterocycles. The molecule has 0 saturated carbocycles. The van der Waals surface area contributed by atoms with Crippen LogP contribution in [0.2, 0.25) is 0 Å². The molecule has 0 N–H and O–H groups in total. The van der Waals surface area contributed by atoms with Gasteiger partial charge in [0.05, 0.1) is 17.4 Å². The molecule has 5 rings (SSSR count). The van der Waals surface area contributed by atoms with Gasteiger partial charge in [0.1, 0.15) is 23.8 Å². The van der Waals surface area contributed by atoms with Gasteiger partial charge < -0.3 is 9.80 Å². The van der Waals surface area contributed by atoms with E-state index in [1.54, 1.807) is 18.7 Å². The lowest BCUT2D eigenvalue weighted by molar-refractivity contribution is 0.640. The number of nitrogens with zero attached hydrogens (tertiary/aromatic N) is 9. The number of piperazine rings is 1. The van der Waals surface area contributed by atoms with E-state index in [1.807, 2.05) is 43.7 Å². The third-order valence-electron chi connectivity index (χ3n) is 5.36. The second-order valence-electron chi connectivity index (χ2n) is 7.53. The number of hydrogen-bond acceptors (Lipinski definition) is 8. The molecule has 1 fully saturated rings. The summed E-state index contributed by atoms with van der Waals surface area (Å²) in [5, 5.41) is 5.58. The van der Waals surface area contributed by atoms with E-state index in [4.69, 9.17) is 4.98 Å². The Kier molecular flexibility index (Phi) is 4.50. The zero-order chi connectivity index (χ0) is 20.7. The maximum absolute atomic E-state index is 4.72. The summed E-state index contributed by atoms with van der Waals surface area (Å²) in [6.45, 7) is 9.35. The van der Waals surface area contributed by atoms with Crippen LogP contribution < -0.4 is 9.80 Å². The standard InChI is InChI=1S/C21H23N9/c1-14-10-15(2)30(27-14)20-11-19(23-13-24-20)28-6-8-29(9-7-28)21-17-4-5-22-12-18(17)25-16(3)26-21/h4-5,10-13H,6-9H2,1-3H3. The summed E-state index contributed by atoms with van der Waals surface area (Å²) in [7, 11) is 0. The number of aryl methyl sites for hydroxylation is 3. The summed E-state index contributed by atoms with van der Waals surface area (Å²) in [5.41, 5.74) is 2.92. The zero-order valence-corrected chi connectivity index (χ0v) is 17.3. The van der Waals surface area contributed by atoms with E-state index in [0.717, 1.165) is 71.7 Å². The number of hydrogen-bond donors (Lipinski definition) is 0. The van der Waals surface area contributed by atoms with Crippen LogP contribution in [0.1, 0.15) is 17.2 Å². The van der Waals surface area contributed by atoms with Crippen molar-refractivity contribution >= 4 is 22.5 Å². The Morgan fingerprint density at radius 3 is 2.40 bits per heavy atom. The summed E-state index contributed by atoms with van der Waals surface area (Å²) in [6, 6.07) is 6.04. The van der Waals surface area contributed by atoms with E-state index in [1.165, 1.54) is 0 Å². The van der Waals surface area contributed by atoms with Gasteiger partial charge in [-0.05, 0) is 32.9 Å². The molecule has 0 radical (unpaired) electrons. The normalized spacial score (nSPS) is 14.5. The molecule has 0 spiro atoms. The molecule has 30 heavy (non-hydrogen) atoms. The first kappa shape index (κ1) is 18.4. The van der Waals surface area contributed by atoms with Crippen LogP contribution in [0.25, 0.3) is 16.7 Å². The van der Waals surface area contributed by atoms with Crippen LogP contribution in [0.5, 0.6) is 0 Å². The molecule has 1 saturated heterocycles. The fourth-order valence-corrected chi connectivity index (χ4v) is 3.95. The fourth-order valence-electron chi connectivity index (χ4n) is 3.95. The first-order valence-electron chi connectivity index (χ1n) is 10.0. The molecule has 0 aromatic carbocycles. The molecule has 0 aliphatic carbocycles. The topological polar surface area (TPSA) is 88.8 Å². The summed E-state index contributed by atoms with van der Waals surface area (Å²) in [5.74, 6) is 3.45. The highest BCUT2D eigenvalue weighted by Gasteiger charge is 2.22. The molecule has 1 aliphatic heterocycles. The molecule has 1 aliphatic rings. The van der Waals surface area contributed by atoms with Gasteiger partial charge in [0, 0.05) is 49.5 Å². The Morgan fingerprint density at radius 2 is 1.63 bits per heavy atom. The third kappa shape index (κ3) is 3.32. The molecule has 0 atom stereocenters. The van der Waals surface area contributed by atoms with Crippen LogP contribution in [-0.4, -0.2) is 60.9 Å². The average Bonchev–Trinajstić information content (AvgIpc) is 3.11. The highest BCUT2D eigenvalue weighted by atomic mass is 15.3. The molecule has 0 amide bonds. The maximum atomic E-state index is 4.72. The third-order valence-corrected chi connectivity index (χ3v) is 5.36. The van der Waals surface area contributed by atoms with Crippen LogP contribution in [0, 0.1) is 20.8 Å². The van der Waals surface area contributed by atoms with E-state index in [-0.39, 0.29) is 0 Å². The van der Waals surface area contributed by atoms with Crippen molar-refractivity contribution in [2.24, 2.45) is 0 Å². The van der Waals surface area contributed by atoms with Crippen molar-refractivity contribution in [2.45, 2.75) is 20.8 Å². The smallest absolute Gasteiger partial charge is 0.159 e. The van der Waals surface area contributed by atoms with Crippen molar-refractivity contribution in [3.05, 3.63) is 54.1 Å². The Hall–Kier alpha value is -3.62. The largest absolute Gasteiger partial charge is 0.353 e. The SMILES string of the molecule is Cc1cc(C)n(-c2cc(N3CCN(c4nc(C)nc5cnccc45)CC3)ncn2)n1. The second-order valence-corrected chi connectivity index (χ2v) is 7.53. The summed E-state index contributed by atoms with van der Waals surface area (Å²) in [6.07, 6.45) is 5.20. The minimum absolute atomic E-state index is 0.762. The number of pyridine rings is 1. The van der Waals surface area contributed by atoms with Gasteiger partial charge in [-0.3, -0.25) is 4.98 Å². The maximum Gasteiger partial charge on any atom is 0.159 e. The van der Waals surface area contributed by atoms with Crippen LogP contribution in [0.4, 0.5) is 11.6 Å². The van der Waals surface area contributed by atoms with Crippen molar-refractivity contribution in [3.8, 4) is 5.82 Å². The van der Waals surface area contributed by atoms with E-state index in [9.17, 15) is 0 Å². The van der Waals surface area contributed by atoms with Crippen molar-refractivity contribution in [3.63, 3.8) is 0 Å². The Bertz CT molecular complexity index is 1210. The summed E-state index contributed by atoms with van der Waals surface area (Å²) >= 11 is 0. The van der Waals surface area contributed by atoms with Gasteiger partial charge in [-0.2, -0.15) is 5.10 Å². The molecule has 0 unspecified atom stereocenters. The van der Waals surface area contributed by atoms with Crippen LogP contribution >= 0.6 is 0 Å². The molecule has 0 bridgehead atoms. The lowest BCUT2D eigenvalue weighted by Gasteiger charge is -2.36. The Balaban J connectivity index is 1.37. The second kappa shape index (κ2) is 7.33. The van der Waals surface area contributed by atoms with Gasteiger partial charge in [0.25, 0.3) is 0 Å². The highest BCUT2D eigenvalue weighted by Crippen LogP contribution is 2.25. The lowest BCUT2D eigenvalue weighted by atomic mass is 10.2. The van der Waals surface area contributed by atoms with Crippen LogP contribution in [0.3, 0.4) is 0 Å². The summed E-state index contributed by atoms with van der Waals surface area (Å²) < 4.78 is 1.86. The predicted octanol–water partition coefficient (Wildman–Crippen LogP) is 2.25. The van der Waals surface area contributed by atoms with Crippen LogP contribution in [0.15, 0.2) is 36.9 Å². The Labute approximate surface area is 174 Å². The van der Waals surface area contributed by atoms with Gasteiger partial charge >= 0.3 is 0 Å². The van der Waals surface area contributed by atoms with E-state index in [2.05, 4.69) is 34.8 Å².